The van der Waals surface area contributed by atoms with Gasteiger partial charge in [0.15, 0.2) is 16.8 Å². The second kappa shape index (κ2) is 8.41. The molecule has 1 saturated heterocycles. The van der Waals surface area contributed by atoms with Crippen LogP contribution in [-0.4, -0.2) is 43.9 Å². The molecule has 0 atom stereocenters. The molecular formula is C20H16F5N3O2S2. The van der Waals surface area contributed by atoms with Crippen molar-refractivity contribution in [3.63, 3.8) is 0 Å². The van der Waals surface area contributed by atoms with E-state index in [1.807, 2.05) is 4.90 Å². The lowest BCUT2D eigenvalue weighted by Crippen LogP contribution is -2.48. The summed E-state index contributed by atoms with van der Waals surface area (Å²) < 4.78 is 92.2. The summed E-state index contributed by atoms with van der Waals surface area (Å²) in [5.74, 6) is -1.94. The molecule has 12 heteroatoms. The van der Waals surface area contributed by atoms with Gasteiger partial charge in [-0.3, -0.25) is 0 Å². The Bertz CT molecular complexity index is 1240. The number of nitrogens with zero attached hydrogens (tertiary/aromatic N) is 3. The van der Waals surface area contributed by atoms with Gasteiger partial charge in [-0.2, -0.15) is 17.5 Å². The highest BCUT2D eigenvalue weighted by Crippen LogP contribution is 2.32. The third kappa shape index (κ3) is 4.48. The predicted molar refractivity (Wildman–Crippen MR) is 110 cm³/mol. The molecule has 2 heterocycles. The molecule has 0 unspecified atom stereocenters. The largest absolute Gasteiger partial charge is 0.416 e. The molecule has 0 N–H and O–H groups in total. The van der Waals surface area contributed by atoms with Gasteiger partial charge >= 0.3 is 6.18 Å². The molecule has 0 spiro atoms. The van der Waals surface area contributed by atoms with Crippen LogP contribution in [0.4, 0.5) is 27.1 Å². The highest BCUT2D eigenvalue weighted by molar-refractivity contribution is 7.89. The molecule has 0 saturated carbocycles. The monoisotopic (exact) mass is 489 g/mol. The van der Waals surface area contributed by atoms with E-state index in [0.29, 0.717) is 22.5 Å². The van der Waals surface area contributed by atoms with E-state index < -0.39 is 38.3 Å². The van der Waals surface area contributed by atoms with Crippen molar-refractivity contribution in [1.29, 1.82) is 0 Å². The van der Waals surface area contributed by atoms with E-state index in [-0.39, 0.29) is 26.2 Å². The molecule has 2 aromatic carbocycles. The lowest BCUT2D eigenvalue weighted by Gasteiger charge is -2.33. The van der Waals surface area contributed by atoms with Crippen LogP contribution in [0.2, 0.25) is 0 Å². The maximum absolute atomic E-state index is 13.5. The lowest BCUT2D eigenvalue weighted by molar-refractivity contribution is -0.137. The Hall–Kier alpha value is -2.57. The van der Waals surface area contributed by atoms with E-state index in [4.69, 9.17) is 0 Å². The molecular weight excluding hydrogens is 473 g/mol. The van der Waals surface area contributed by atoms with Crippen LogP contribution < -0.4 is 4.90 Å². The quantitative estimate of drug-likeness (QED) is 0.502. The van der Waals surface area contributed by atoms with Gasteiger partial charge in [0, 0.05) is 37.1 Å². The van der Waals surface area contributed by atoms with E-state index in [9.17, 15) is 30.4 Å². The van der Waals surface area contributed by atoms with Crippen LogP contribution in [0.25, 0.3) is 11.3 Å². The summed E-state index contributed by atoms with van der Waals surface area (Å²) >= 11 is 1.28. The van der Waals surface area contributed by atoms with Gasteiger partial charge in [-0.15, -0.1) is 11.3 Å². The van der Waals surface area contributed by atoms with Gasteiger partial charge < -0.3 is 4.90 Å². The Morgan fingerprint density at radius 1 is 0.938 bits per heavy atom. The number of piperazine rings is 1. The SMILES string of the molecule is O=S(=O)(c1cccc(C(F)(F)F)c1)N1CCN(c2nc(-c3ccc(F)c(F)c3)cs2)CC1. The average molecular weight is 489 g/mol. The summed E-state index contributed by atoms with van der Waals surface area (Å²) in [7, 11) is -4.08. The summed E-state index contributed by atoms with van der Waals surface area (Å²) in [5.41, 5.74) is -0.148. The summed E-state index contributed by atoms with van der Waals surface area (Å²) in [6.45, 7) is 0.698. The highest BCUT2D eigenvalue weighted by atomic mass is 32.2. The molecule has 0 bridgehead atoms. The first-order valence-corrected chi connectivity index (χ1v) is 11.7. The number of sulfonamides is 1. The van der Waals surface area contributed by atoms with Crippen molar-refractivity contribution in [2.45, 2.75) is 11.1 Å². The Balaban J connectivity index is 1.46. The van der Waals surface area contributed by atoms with Crippen molar-refractivity contribution < 1.29 is 30.4 Å². The molecule has 5 nitrogen and oxygen atoms in total. The van der Waals surface area contributed by atoms with Crippen LogP contribution in [0.5, 0.6) is 0 Å². The second-order valence-electron chi connectivity index (χ2n) is 7.06. The Morgan fingerprint density at radius 2 is 1.66 bits per heavy atom. The molecule has 1 aromatic heterocycles. The first-order chi connectivity index (χ1) is 15.1. The van der Waals surface area contributed by atoms with Crippen molar-refractivity contribution in [2.75, 3.05) is 31.1 Å². The molecule has 3 aromatic rings. The van der Waals surface area contributed by atoms with Crippen LogP contribution in [-0.2, 0) is 16.2 Å². The number of aromatic nitrogens is 1. The van der Waals surface area contributed by atoms with Crippen LogP contribution >= 0.6 is 11.3 Å². The first-order valence-electron chi connectivity index (χ1n) is 9.39. The Morgan fingerprint density at radius 3 is 2.31 bits per heavy atom. The van der Waals surface area contributed by atoms with Gasteiger partial charge in [-0.1, -0.05) is 6.07 Å². The number of anilines is 1. The molecule has 1 aliphatic heterocycles. The molecule has 0 radical (unpaired) electrons. The molecule has 0 amide bonds. The normalized spacial score (nSPS) is 15.8. The van der Waals surface area contributed by atoms with Gasteiger partial charge in [-0.25, -0.2) is 22.2 Å². The maximum Gasteiger partial charge on any atom is 0.416 e. The van der Waals surface area contributed by atoms with E-state index in [2.05, 4.69) is 4.98 Å². The van der Waals surface area contributed by atoms with Gasteiger partial charge in [0.1, 0.15) is 0 Å². The molecule has 0 aliphatic carbocycles. The summed E-state index contributed by atoms with van der Waals surface area (Å²) in [5, 5.41) is 2.27. The fraction of sp³-hybridized carbons (Fsp3) is 0.250. The summed E-state index contributed by atoms with van der Waals surface area (Å²) in [4.78, 5) is 5.85. The van der Waals surface area contributed by atoms with Crippen LogP contribution in [0, 0.1) is 11.6 Å². The van der Waals surface area contributed by atoms with Crippen molar-refractivity contribution in [1.82, 2.24) is 9.29 Å². The zero-order valence-electron chi connectivity index (χ0n) is 16.3. The van der Waals surface area contributed by atoms with Gasteiger partial charge in [0.2, 0.25) is 10.0 Å². The van der Waals surface area contributed by atoms with Crippen LogP contribution in [0.3, 0.4) is 0 Å². The molecule has 1 fully saturated rings. The second-order valence-corrected chi connectivity index (χ2v) is 9.84. The smallest absolute Gasteiger partial charge is 0.345 e. The van der Waals surface area contributed by atoms with Gasteiger partial charge in [0.05, 0.1) is 16.2 Å². The minimum absolute atomic E-state index is 0.0681. The summed E-state index contributed by atoms with van der Waals surface area (Å²) in [6.07, 6.45) is -4.64. The van der Waals surface area contributed by atoms with E-state index in [1.54, 1.807) is 5.38 Å². The van der Waals surface area contributed by atoms with Crippen LogP contribution in [0.1, 0.15) is 5.56 Å². The third-order valence-electron chi connectivity index (χ3n) is 5.02. The number of halogens is 5. The van der Waals surface area contributed by atoms with Crippen LogP contribution in [0.15, 0.2) is 52.7 Å². The lowest BCUT2D eigenvalue weighted by atomic mass is 10.2. The van der Waals surface area contributed by atoms with E-state index in [1.165, 1.54) is 17.4 Å². The van der Waals surface area contributed by atoms with Crippen molar-refractivity contribution >= 4 is 26.5 Å². The minimum atomic E-state index is -4.64. The number of benzene rings is 2. The Labute approximate surface area is 184 Å². The van der Waals surface area contributed by atoms with Crippen molar-refractivity contribution in [3.8, 4) is 11.3 Å². The zero-order valence-corrected chi connectivity index (χ0v) is 17.9. The molecule has 32 heavy (non-hydrogen) atoms. The van der Waals surface area contributed by atoms with Gasteiger partial charge in [0.25, 0.3) is 0 Å². The minimum Gasteiger partial charge on any atom is -0.345 e. The number of thiazole rings is 1. The topological polar surface area (TPSA) is 53.5 Å². The van der Waals surface area contributed by atoms with E-state index >= 15 is 0 Å². The fourth-order valence-corrected chi connectivity index (χ4v) is 5.66. The molecule has 1 aliphatic rings. The summed E-state index contributed by atoms with van der Waals surface area (Å²) in [6, 6.07) is 7.15. The molecule has 4 rings (SSSR count). The molecule has 170 valence electrons. The fourth-order valence-electron chi connectivity index (χ4n) is 3.30. The predicted octanol–water partition coefficient (Wildman–Crippen LogP) is 4.62. The standard InChI is InChI=1S/C20H16F5N3O2S2/c21-16-5-4-13(10-17(16)22)18-12-31-19(26-18)27-6-8-28(9-7-27)32(29,30)15-3-1-2-14(11-15)20(23,24)25/h1-5,10-12H,6-9H2. The number of hydrogen-bond acceptors (Lipinski definition) is 5. The van der Waals surface area contributed by atoms with E-state index in [0.717, 1.165) is 34.6 Å². The average Bonchev–Trinajstić information content (AvgIpc) is 3.25. The van der Waals surface area contributed by atoms with Crippen molar-refractivity contribution in [2.24, 2.45) is 0 Å². The number of alkyl halides is 3. The van der Waals surface area contributed by atoms with Crippen molar-refractivity contribution in [3.05, 3.63) is 65.0 Å². The van der Waals surface area contributed by atoms with Gasteiger partial charge in [-0.05, 0) is 36.4 Å². The number of hydrogen-bond donors (Lipinski definition) is 0. The maximum atomic E-state index is 13.5. The highest BCUT2D eigenvalue weighted by Gasteiger charge is 2.34. The third-order valence-corrected chi connectivity index (χ3v) is 7.81. The number of rotatable bonds is 4. The first kappa shape index (κ1) is 22.6. The zero-order chi connectivity index (χ0) is 23.1. The Kier molecular flexibility index (Phi) is 5.94.